The first kappa shape index (κ1) is 13.1. The number of benzene rings is 1. The fraction of sp³-hybridized carbons (Fsp3) is 0.143. The fourth-order valence-electron chi connectivity index (χ4n) is 2.05. The molecular formula is C14H15BO2S. The van der Waals surface area contributed by atoms with Crippen molar-refractivity contribution >= 4 is 40.1 Å². The molecule has 0 spiro atoms. The quantitative estimate of drug-likeness (QED) is 0.652. The smallest absolute Gasteiger partial charge is 0.423 e. The maximum absolute atomic E-state index is 9.41. The number of allylic oxidation sites excluding steroid dienone is 2. The predicted octanol–water partition coefficient (Wildman–Crippen LogP) is 2.34. The Morgan fingerprint density at radius 2 is 2.17 bits per heavy atom. The van der Waals surface area contributed by atoms with Gasteiger partial charge in [0.15, 0.2) is 0 Å². The lowest BCUT2D eigenvalue weighted by Gasteiger charge is -2.01. The molecule has 0 aliphatic carbocycles. The minimum Gasteiger partial charge on any atom is -0.423 e. The van der Waals surface area contributed by atoms with Gasteiger partial charge in [0.2, 0.25) is 0 Å². The predicted molar refractivity (Wildman–Crippen MR) is 80.3 cm³/mol. The van der Waals surface area contributed by atoms with E-state index in [1.165, 1.54) is 5.56 Å². The molecule has 92 valence electrons. The summed E-state index contributed by atoms with van der Waals surface area (Å²) in [6, 6.07) is 5.63. The van der Waals surface area contributed by atoms with Crippen LogP contribution in [-0.4, -0.2) is 17.2 Å². The standard InChI is InChI=1S/C14H15BO2S/c1-3-6-10-11-8-5-9-12(15(16)17)14(11)18-13(10)7-4-2/h3-5,7-9,16-17H,1,6H2,2H3/b7-4-. The molecule has 18 heavy (non-hydrogen) atoms. The molecule has 4 heteroatoms. The highest BCUT2D eigenvalue weighted by Gasteiger charge is 2.18. The molecule has 0 unspecified atom stereocenters. The summed E-state index contributed by atoms with van der Waals surface area (Å²) in [5, 5.41) is 19.9. The van der Waals surface area contributed by atoms with Crippen molar-refractivity contribution < 1.29 is 10.0 Å². The van der Waals surface area contributed by atoms with Gasteiger partial charge in [-0.2, -0.15) is 0 Å². The molecule has 0 atom stereocenters. The summed E-state index contributed by atoms with van der Waals surface area (Å²) in [6.45, 7) is 5.76. The summed E-state index contributed by atoms with van der Waals surface area (Å²) in [4.78, 5) is 1.15. The molecule has 2 aromatic rings. The van der Waals surface area contributed by atoms with Crippen molar-refractivity contribution in [1.29, 1.82) is 0 Å². The average Bonchev–Trinajstić information content (AvgIpc) is 2.68. The van der Waals surface area contributed by atoms with Crippen molar-refractivity contribution in [2.75, 3.05) is 0 Å². The van der Waals surface area contributed by atoms with Gasteiger partial charge in [-0.25, -0.2) is 0 Å². The summed E-state index contributed by atoms with van der Waals surface area (Å²) >= 11 is 1.59. The highest BCUT2D eigenvalue weighted by Crippen LogP contribution is 2.32. The normalized spacial score (nSPS) is 11.3. The van der Waals surface area contributed by atoms with Crippen LogP contribution in [0.25, 0.3) is 16.2 Å². The molecule has 1 aromatic heterocycles. The third-order valence-electron chi connectivity index (χ3n) is 2.82. The van der Waals surface area contributed by atoms with E-state index in [0.29, 0.717) is 5.46 Å². The van der Waals surface area contributed by atoms with Gasteiger partial charge in [-0.05, 0) is 35.8 Å². The second kappa shape index (κ2) is 5.52. The van der Waals surface area contributed by atoms with E-state index in [-0.39, 0.29) is 0 Å². The van der Waals surface area contributed by atoms with Crippen LogP contribution in [0.15, 0.2) is 36.9 Å². The molecule has 0 amide bonds. The first-order valence-electron chi connectivity index (χ1n) is 5.83. The highest BCUT2D eigenvalue weighted by molar-refractivity contribution is 7.21. The van der Waals surface area contributed by atoms with Crippen molar-refractivity contribution in [2.45, 2.75) is 13.3 Å². The third-order valence-corrected chi connectivity index (χ3v) is 4.09. The van der Waals surface area contributed by atoms with Crippen LogP contribution in [0.4, 0.5) is 0 Å². The van der Waals surface area contributed by atoms with Crippen LogP contribution < -0.4 is 5.46 Å². The van der Waals surface area contributed by atoms with E-state index in [4.69, 9.17) is 0 Å². The minimum absolute atomic E-state index is 0.568. The Balaban J connectivity index is 2.74. The lowest BCUT2D eigenvalue weighted by atomic mass is 9.79. The van der Waals surface area contributed by atoms with Gasteiger partial charge in [0.05, 0.1) is 0 Å². The molecule has 1 heterocycles. The molecule has 0 aliphatic rings. The summed E-state index contributed by atoms with van der Waals surface area (Å²) in [5.74, 6) is 0. The zero-order valence-corrected chi connectivity index (χ0v) is 11.1. The van der Waals surface area contributed by atoms with Gasteiger partial charge in [-0.1, -0.05) is 30.4 Å². The second-order valence-electron chi connectivity index (χ2n) is 4.04. The molecule has 0 saturated carbocycles. The SMILES string of the molecule is C=CCc1c(/C=C\C)sc2c(B(O)O)cccc12. The van der Waals surface area contributed by atoms with Gasteiger partial charge in [0, 0.05) is 9.58 Å². The van der Waals surface area contributed by atoms with Gasteiger partial charge in [0.1, 0.15) is 0 Å². The number of rotatable bonds is 4. The first-order chi connectivity index (χ1) is 8.69. The Hall–Kier alpha value is -1.36. The second-order valence-corrected chi connectivity index (χ2v) is 5.09. The first-order valence-corrected chi connectivity index (χ1v) is 6.64. The minimum atomic E-state index is -1.43. The molecule has 2 rings (SSSR count). The molecule has 0 aliphatic heterocycles. The lowest BCUT2D eigenvalue weighted by molar-refractivity contribution is 0.426. The Labute approximate surface area is 111 Å². The summed E-state index contributed by atoms with van der Waals surface area (Å²) in [7, 11) is -1.43. The van der Waals surface area contributed by atoms with Crippen LogP contribution in [0.5, 0.6) is 0 Å². The van der Waals surface area contributed by atoms with Gasteiger partial charge in [-0.15, -0.1) is 17.9 Å². The molecule has 0 fully saturated rings. The van der Waals surface area contributed by atoms with E-state index in [1.807, 2.05) is 31.2 Å². The molecule has 0 radical (unpaired) electrons. The Bertz CT molecular complexity index is 599. The summed E-state index contributed by atoms with van der Waals surface area (Å²) in [6.07, 6.45) is 6.70. The third kappa shape index (κ3) is 2.27. The Morgan fingerprint density at radius 1 is 1.39 bits per heavy atom. The van der Waals surface area contributed by atoms with Crippen LogP contribution in [0, 0.1) is 0 Å². The number of thiophene rings is 1. The molecular weight excluding hydrogens is 243 g/mol. The zero-order chi connectivity index (χ0) is 13.1. The Kier molecular flexibility index (Phi) is 4.02. The number of hydrogen-bond acceptors (Lipinski definition) is 3. The maximum Gasteiger partial charge on any atom is 0.489 e. The van der Waals surface area contributed by atoms with Gasteiger partial charge >= 0.3 is 7.12 Å². The van der Waals surface area contributed by atoms with Gasteiger partial charge in [0.25, 0.3) is 0 Å². The molecule has 2 N–H and O–H groups in total. The zero-order valence-electron chi connectivity index (χ0n) is 10.3. The van der Waals surface area contributed by atoms with Crippen LogP contribution in [0.1, 0.15) is 17.4 Å². The molecule has 0 bridgehead atoms. The fourth-order valence-corrected chi connectivity index (χ4v) is 3.39. The summed E-state index contributed by atoms with van der Waals surface area (Å²) in [5.41, 5.74) is 1.77. The highest BCUT2D eigenvalue weighted by atomic mass is 32.1. The van der Waals surface area contributed by atoms with Crippen LogP contribution in [-0.2, 0) is 6.42 Å². The summed E-state index contributed by atoms with van der Waals surface area (Å²) < 4.78 is 0.942. The van der Waals surface area contributed by atoms with E-state index in [1.54, 1.807) is 17.4 Å². The lowest BCUT2D eigenvalue weighted by Crippen LogP contribution is -2.29. The number of fused-ring (bicyclic) bond motifs is 1. The van der Waals surface area contributed by atoms with Crippen molar-refractivity contribution in [3.05, 3.63) is 47.4 Å². The van der Waals surface area contributed by atoms with Crippen molar-refractivity contribution in [2.24, 2.45) is 0 Å². The topological polar surface area (TPSA) is 40.5 Å². The molecule has 0 saturated heterocycles. The van der Waals surface area contributed by atoms with Gasteiger partial charge in [-0.3, -0.25) is 0 Å². The van der Waals surface area contributed by atoms with E-state index < -0.39 is 7.12 Å². The van der Waals surface area contributed by atoms with Crippen LogP contribution >= 0.6 is 11.3 Å². The van der Waals surface area contributed by atoms with Gasteiger partial charge < -0.3 is 10.0 Å². The molecule has 2 nitrogen and oxygen atoms in total. The monoisotopic (exact) mass is 258 g/mol. The van der Waals surface area contributed by atoms with E-state index in [2.05, 4.69) is 12.7 Å². The van der Waals surface area contributed by atoms with Crippen molar-refractivity contribution in [3.63, 3.8) is 0 Å². The maximum atomic E-state index is 9.41. The molecule has 1 aromatic carbocycles. The van der Waals surface area contributed by atoms with Crippen LogP contribution in [0.3, 0.4) is 0 Å². The largest absolute Gasteiger partial charge is 0.489 e. The van der Waals surface area contributed by atoms with Crippen molar-refractivity contribution in [1.82, 2.24) is 0 Å². The van der Waals surface area contributed by atoms with E-state index >= 15 is 0 Å². The van der Waals surface area contributed by atoms with E-state index in [9.17, 15) is 10.0 Å². The Morgan fingerprint density at radius 3 is 2.78 bits per heavy atom. The number of hydrogen-bond donors (Lipinski definition) is 2. The van der Waals surface area contributed by atoms with Crippen LogP contribution in [0.2, 0.25) is 0 Å². The van der Waals surface area contributed by atoms with Crippen molar-refractivity contribution in [3.8, 4) is 0 Å². The van der Waals surface area contributed by atoms with E-state index in [0.717, 1.165) is 21.4 Å². The average molecular weight is 258 g/mol.